The molecule has 0 aliphatic rings. The van der Waals surface area contributed by atoms with Gasteiger partial charge in [-0.15, -0.1) is 0 Å². The molecule has 6 heteroatoms. The van der Waals surface area contributed by atoms with Gasteiger partial charge in [0.05, 0.1) is 10.6 Å². The Morgan fingerprint density at radius 1 is 0.906 bits per heavy atom. The molecule has 0 aromatic heterocycles. The van der Waals surface area contributed by atoms with Gasteiger partial charge in [0.2, 0.25) is 5.91 Å². The third-order valence-corrected chi connectivity index (χ3v) is 6.96. The molecule has 5 nitrogen and oxygen atoms in total. The summed E-state index contributed by atoms with van der Waals surface area (Å²) in [6, 6.07) is 21.4. The van der Waals surface area contributed by atoms with Crippen LogP contribution in [0.25, 0.3) is 0 Å². The maximum absolute atomic E-state index is 13.4. The molecule has 0 saturated heterocycles. The molecule has 0 bridgehead atoms. The van der Waals surface area contributed by atoms with Gasteiger partial charge < -0.3 is 5.32 Å². The molecule has 0 saturated carbocycles. The van der Waals surface area contributed by atoms with Gasteiger partial charge in [-0.3, -0.25) is 9.10 Å². The first-order chi connectivity index (χ1) is 15.3. The Morgan fingerprint density at radius 2 is 1.53 bits per heavy atom. The molecule has 1 amide bonds. The lowest BCUT2D eigenvalue weighted by atomic mass is 10.1. The second-order valence-corrected chi connectivity index (χ2v) is 9.88. The lowest BCUT2D eigenvalue weighted by molar-refractivity contribution is -0.114. The number of carbonyl (C=O) groups is 1. The third-order valence-electron chi connectivity index (χ3n) is 5.17. The molecular formula is C26H30N2O3S. The van der Waals surface area contributed by atoms with Crippen LogP contribution < -0.4 is 9.62 Å². The van der Waals surface area contributed by atoms with Crippen molar-refractivity contribution in [2.24, 2.45) is 0 Å². The fourth-order valence-corrected chi connectivity index (χ4v) is 5.02. The van der Waals surface area contributed by atoms with Crippen LogP contribution in [0, 0.1) is 13.8 Å². The van der Waals surface area contributed by atoms with Gasteiger partial charge in [-0.25, -0.2) is 8.42 Å². The molecule has 3 aromatic rings. The molecule has 0 spiro atoms. The predicted molar refractivity (Wildman–Crippen MR) is 131 cm³/mol. The minimum atomic E-state index is -3.92. The molecule has 0 atom stereocenters. The molecule has 168 valence electrons. The van der Waals surface area contributed by atoms with Gasteiger partial charge in [0.25, 0.3) is 10.0 Å². The van der Waals surface area contributed by atoms with Gasteiger partial charge in [0, 0.05) is 5.69 Å². The summed E-state index contributed by atoms with van der Waals surface area (Å²) in [6.45, 7) is 5.64. The first-order valence-electron chi connectivity index (χ1n) is 10.8. The van der Waals surface area contributed by atoms with Crippen LogP contribution in [0.15, 0.2) is 77.7 Å². The van der Waals surface area contributed by atoms with Gasteiger partial charge in [-0.2, -0.15) is 0 Å². The molecule has 1 N–H and O–H groups in total. The van der Waals surface area contributed by atoms with E-state index in [1.807, 2.05) is 44.2 Å². The summed E-state index contributed by atoms with van der Waals surface area (Å²) in [5.74, 6) is -0.398. The van der Waals surface area contributed by atoms with Crippen molar-refractivity contribution in [3.8, 4) is 0 Å². The highest BCUT2D eigenvalue weighted by Gasteiger charge is 2.27. The molecule has 3 aromatic carbocycles. The van der Waals surface area contributed by atoms with Crippen LogP contribution in [0.4, 0.5) is 11.4 Å². The predicted octanol–water partition coefficient (Wildman–Crippen LogP) is 5.48. The number of benzene rings is 3. The summed E-state index contributed by atoms with van der Waals surface area (Å²) in [6.07, 6.45) is 3.25. The zero-order chi connectivity index (χ0) is 23.1. The monoisotopic (exact) mass is 450 g/mol. The fourth-order valence-electron chi connectivity index (χ4n) is 3.60. The highest BCUT2D eigenvalue weighted by Crippen LogP contribution is 2.26. The molecule has 0 unspecified atom stereocenters. The summed E-state index contributed by atoms with van der Waals surface area (Å²) in [7, 11) is -3.92. The van der Waals surface area contributed by atoms with Crippen molar-refractivity contribution in [3.63, 3.8) is 0 Å². The standard InChI is InChI=1S/C26H30N2O3S/c1-4-5-9-22-12-14-23(15-13-22)27-26(29)19-28(24-17-20(2)16-21(3)18-24)32(30,31)25-10-7-6-8-11-25/h6-8,10-18H,4-5,9,19H2,1-3H3,(H,27,29). The van der Waals surface area contributed by atoms with Crippen molar-refractivity contribution in [2.45, 2.75) is 44.9 Å². The van der Waals surface area contributed by atoms with Crippen LogP contribution in [0.2, 0.25) is 0 Å². The Morgan fingerprint density at radius 3 is 2.12 bits per heavy atom. The van der Waals surface area contributed by atoms with E-state index >= 15 is 0 Å². The number of hydrogen-bond acceptors (Lipinski definition) is 3. The van der Waals surface area contributed by atoms with E-state index in [1.165, 1.54) is 22.0 Å². The molecular weight excluding hydrogens is 420 g/mol. The van der Waals surface area contributed by atoms with E-state index in [0.29, 0.717) is 11.4 Å². The number of hydrogen-bond donors (Lipinski definition) is 1. The number of sulfonamides is 1. The molecule has 0 heterocycles. The van der Waals surface area contributed by atoms with Gasteiger partial charge in [-0.1, -0.05) is 49.7 Å². The maximum atomic E-state index is 13.4. The van der Waals surface area contributed by atoms with Crippen molar-refractivity contribution < 1.29 is 13.2 Å². The van der Waals surface area contributed by atoms with E-state index in [4.69, 9.17) is 0 Å². The van der Waals surface area contributed by atoms with Crippen LogP contribution >= 0.6 is 0 Å². The average Bonchev–Trinajstić information content (AvgIpc) is 2.77. The quantitative estimate of drug-likeness (QED) is 0.469. The summed E-state index contributed by atoms with van der Waals surface area (Å²) in [5.41, 5.74) is 4.19. The van der Waals surface area contributed by atoms with E-state index < -0.39 is 15.9 Å². The molecule has 0 aliphatic carbocycles. The van der Waals surface area contributed by atoms with E-state index in [2.05, 4.69) is 12.2 Å². The van der Waals surface area contributed by atoms with E-state index in [0.717, 1.165) is 30.4 Å². The Balaban J connectivity index is 1.86. The fraction of sp³-hybridized carbons (Fsp3) is 0.269. The number of aryl methyl sites for hydroxylation is 3. The zero-order valence-electron chi connectivity index (χ0n) is 18.8. The lowest BCUT2D eigenvalue weighted by Crippen LogP contribution is -2.38. The lowest BCUT2D eigenvalue weighted by Gasteiger charge is -2.25. The van der Waals surface area contributed by atoms with Gasteiger partial charge >= 0.3 is 0 Å². The summed E-state index contributed by atoms with van der Waals surface area (Å²) >= 11 is 0. The Labute approximate surface area is 191 Å². The number of amides is 1. The minimum Gasteiger partial charge on any atom is -0.325 e. The van der Waals surface area contributed by atoms with Crippen LogP contribution in [0.5, 0.6) is 0 Å². The average molecular weight is 451 g/mol. The highest BCUT2D eigenvalue weighted by atomic mass is 32.2. The van der Waals surface area contributed by atoms with Gasteiger partial charge in [-0.05, 0) is 79.8 Å². The molecule has 0 fully saturated rings. The Kier molecular flexibility index (Phi) is 7.70. The van der Waals surface area contributed by atoms with Crippen molar-refractivity contribution in [1.29, 1.82) is 0 Å². The van der Waals surface area contributed by atoms with E-state index in [1.54, 1.807) is 30.3 Å². The molecule has 0 radical (unpaired) electrons. The van der Waals surface area contributed by atoms with Crippen molar-refractivity contribution >= 4 is 27.3 Å². The van der Waals surface area contributed by atoms with Crippen molar-refractivity contribution in [1.82, 2.24) is 0 Å². The van der Waals surface area contributed by atoms with Crippen molar-refractivity contribution in [2.75, 3.05) is 16.2 Å². The van der Waals surface area contributed by atoms with Crippen LogP contribution in [-0.2, 0) is 21.2 Å². The Bertz CT molecular complexity index is 1140. The zero-order valence-corrected chi connectivity index (χ0v) is 19.7. The van der Waals surface area contributed by atoms with Crippen molar-refractivity contribution in [3.05, 3.63) is 89.5 Å². The van der Waals surface area contributed by atoms with Gasteiger partial charge in [0.15, 0.2) is 0 Å². The number of nitrogens with one attached hydrogen (secondary N) is 1. The second-order valence-electron chi connectivity index (χ2n) is 8.02. The topological polar surface area (TPSA) is 66.5 Å². The van der Waals surface area contributed by atoms with Crippen LogP contribution in [-0.4, -0.2) is 20.9 Å². The summed E-state index contributed by atoms with van der Waals surface area (Å²) in [4.78, 5) is 13.0. The molecule has 32 heavy (non-hydrogen) atoms. The SMILES string of the molecule is CCCCc1ccc(NC(=O)CN(c2cc(C)cc(C)c2)S(=O)(=O)c2ccccc2)cc1. The van der Waals surface area contributed by atoms with E-state index in [9.17, 15) is 13.2 Å². The first-order valence-corrected chi connectivity index (χ1v) is 12.3. The summed E-state index contributed by atoms with van der Waals surface area (Å²) < 4.78 is 28.0. The van der Waals surface area contributed by atoms with Crippen LogP contribution in [0.3, 0.4) is 0 Å². The van der Waals surface area contributed by atoms with E-state index in [-0.39, 0.29) is 11.4 Å². The normalized spacial score (nSPS) is 11.2. The summed E-state index contributed by atoms with van der Waals surface area (Å²) in [5, 5.41) is 2.83. The molecule has 0 aliphatic heterocycles. The molecule has 3 rings (SSSR count). The smallest absolute Gasteiger partial charge is 0.264 e. The number of nitrogens with zero attached hydrogens (tertiary/aromatic N) is 1. The Hall–Kier alpha value is -3.12. The minimum absolute atomic E-state index is 0.146. The number of anilines is 2. The third kappa shape index (κ3) is 5.98. The van der Waals surface area contributed by atoms with Crippen LogP contribution in [0.1, 0.15) is 36.5 Å². The number of unbranched alkanes of at least 4 members (excludes halogenated alkanes) is 1. The number of carbonyl (C=O) groups excluding carboxylic acids is 1. The first kappa shape index (κ1) is 23.5. The second kappa shape index (κ2) is 10.5. The largest absolute Gasteiger partial charge is 0.325 e. The highest BCUT2D eigenvalue weighted by molar-refractivity contribution is 7.92. The van der Waals surface area contributed by atoms with Gasteiger partial charge in [0.1, 0.15) is 6.54 Å². The maximum Gasteiger partial charge on any atom is 0.264 e. The number of rotatable bonds is 9.